The molecule has 1 fully saturated rings. The van der Waals surface area contributed by atoms with E-state index < -0.39 is 18.4 Å². The zero-order chi connectivity index (χ0) is 21.6. The Hall–Kier alpha value is -2.02. The topological polar surface area (TPSA) is 76.6 Å². The normalized spacial score (nSPS) is 28.2. The van der Waals surface area contributed by atoms with Gasteiger partial charge in [0, 0.05) is 29.7 Å². The predicted octanol–water partition coefficient (Wildman–Crippen LogP) is 3.25. The summed E-state index contributed by atoms with van der Waals surface area (Å²) in [6, 6.07) is 1.70. The summed E-state index contributed by atoms with van der Waals surface area (Å²) in [5.74, 6) is -0.602. The number of aromatic nitrogens is 1. The van der Waals surface area contributed by atoms with E-state index in [0.717, 1.165) is 29.5 Å². The van der Waals surface area contributed by atoms with E-state index in [4.69, 9.17) is 0 Å². The lowest BCUT2D eigenvalue weighted by molar-refractivity contribution is -0.119. The van der Waals surface area contributed by atoms with Crippen LogP contribution < -0.4 is 0 Å². The monoisotopic (exact) mass is 401 g/mol. The lowest BCUT2D eigenvalue weighted by Crippen LogP contribution is -2.47. The Labute approximate surface area is 171 Å². The summed E-state index contributed by atoms with van der Waals surface area (Å²) >= 11 is 0. The number of aromatic amines is 1. The van der Waals surface area contributed by atoms with Crippen molar-refractivity contribution in [1.82, 2.24) is 9.88 Å². The number of carbonyl (C=O) groups is 1. The number of hydrogen-bond acceptors (Lipinski definition) is 4. The van der Waals surface area contributed by atoms with Gasteiger partial charge in [0.1, 0.15) is 12.4 Å². The van der Waals surface area contributed by atoms with Crippen LogP contribution in [0.2, 0.25) is 0 Å². The summed E-state index contributed by atoms with van der Waals surface area (Å²) in [5, 5.41) is 20.0. The highest BCUT2D eigenvalue weighted by atomic mass is 19.1. The second-order valence-corrected chi connectivity index (χ2v) is 8.07. The number of aliphatic hydroxyl groups is 2. The maximum absolute atomic E-state index is 14.1. The average molecular weight is 402 g/mol. The van der Waals surface area contributed by atoms with Gasteiger partial charge in [0.25, 0.3) is 0 Å². The molecule has 2 aliphatic rings. The number of halogens is 1. The molecule has 3 heterocycles. The third-order valence-electron chi connectivity index (χ3n) is 6.66. The molecule has 6 heteroatoms. The highest BCUT2D eigenvalue weighted by Crippen LogP contribution is 2.46. The number of piperidine rings is 1. The third-order valence-corrected chi connectivity index (χ3v) is 6.66. The minimum absolute atomic E-state index is 0.125. The Morgan fingerprint density at radius 3 is 2.90 bits per heavy atom. The van der Waals surface area contributed by atoms with Crippen LogP contribution in [0.5, 0.6) is 0 Å². The smallest absolute Gasteiger partial charge is 0.184 e. The van der Waals surface area contributed by atoms with Crippen molar-refractivity contribution in [2.24, 2.45) is 11.8 Å². The molecule has 1 aromatic carbocycles. The quantitative estimate of drug-likeness (QED) is 0.672. The number of benzene rings is 1. The molecule has 1 saturated heterocycles. The molecule has 0 aliphatic carbocycles. The standard InChI is InChI=1S/C23H29FN2O3/c1-3-13-10-26-6-5-17-22-14(11-27)7-15(24)8-19(22)25-23(17)20(26)9-18(13)16(4-2)21(29)12-28/h4,7-8,13,18,20,25,27-28H,3,5-6,9-12H2,1-2H3/b16-4+/t13-,18+,20+/m1/s1/i20D. The molecule has 0 amide bonds. The maximum atomic E-state index is 14.1. The van der Waals surface area contributed by atoms with Crippen molar-refractivity contribution in [3.8, 4) is 0 Å². The number of nitrogens with zero attached hydrogens (tertiary/aromatic N) is 1. The molecule has 0 spiro atoms. The van der Waals surface area contributed by atoms with Crippen LogP contribution in [0.1, 0.15) is 50.9 Å². The fourth-order valence-corrected chi connectivity index (χ4v) is 5.28. The highest BCUT2D eigenvalue weighted by molar-refractivity contribution is 5.96. The van der Waals surface area contributed by atoms with Crippen molar-refractivity contribution in [3.05, 3.63) is 46.4 Å². The summed E-state index contributed by atoms with van der Waals surface area (Å²) in [5.41, 5.74) is 3.42. The van der Waals surface area contributed by atoms with Crippen molar-refractivity contribution >= 4 is 16.7 Å². The van der Waals surface area contributed by atoms with Crippen LogP contribution >= 0.6 is 0 Å². The van der Waals surface area contributed by atoms with E-state index in [2.05, 4.69) is 16.8 Å². The Balaban J connectivity index is 1.84. The van der Waals surface area contributed by atoms with Gasteiger partial charge in [-0.2, -0.15) is 0 Å². The fourth-order valence-electron chi connectivity index (χ4n) is 5.28. The van der Waals surface area contributed by atoms with Crippen LogP contribution in [0.15, 0.2) is 23.8 Å². The van der Waals surface area contributed by atoms with Crippen molar-refractivity contribution in [1.29, 1.82) is 0 Å². The molecule has 0 bridgehead atoms. The molecule has 3 N–H and O–H groups in total. The van der Waals surface area contributed by atoms with E-state index in [0.29, 0.717) is 36.2 Å². The number of H-pyrrole nitrogens is 1. The lowest BCUT2D eigenvalue weighted by atomic mass is 9.73. The van der Waals surface area contributed by atoms with Crippen molar-refractivity contribution in [2.75, 3.05) is 19.7 Å². The first-order chi connectivity index (χ1) is 14.4. The maximum Gasteiger partial charge on any atom is 0.184 e. The van der Waals surface area contributed by atoms with Crippen LogP contribution in [0.25, 0.3) is 10.9 Å². The molecule has 0 saturated carbocycles. The van der Waals surface area contributed by atoms with Gasteiger partial charge in [-0.05, 0) is 60.4 Å². The second kappa shape index (κ2) is 8.01. The molecule has 1 aromatic heterocycles. The van der Waals surface area contributed by atoms with Crippen LogP contribution in [0.3, 0.4) is 0 Å². The molecule has 5 nitrogen and oxygen atoms in total. The van der Waals surface area contributed by atoms with Crippen LogP contribution in [-0.2, 0) is 17.8 Å². The fraction of sp³-hybridized carbons (Fsp3) is 0.522. The minimum atomic E-state index is -1.07. The molecule has 2 aliphatic heterocycles. The van der Waals surface area contributed by atoms with Crippen molar-refractivity contribution in [3.63, 3.8) is 0 Å². The summed E-state index contributed by atoms with van der Waals surface area (Å²) < 4.78 is 23.5. The summed E-state index contributed by atoms with van der Waals surface area (Å²) in [4.78, 5) is 17.8. The van der Waals surface area contributed by atoms with Gasteiger partial charge in [0.05, 0.1) is 14.0 Å². The van der Waals surface area contributed by atoms with E-state index in [1.54, 1.807) is 6.08 Å². The van der Waals surface area contributed by atoms with Gasteiger partial charge in [0.15, 0.2) is 5.78 Å². The molecular formula is C23H29FN2O3. The predicted molar refractivity (Wildman–Crippen MR) is 110 cm³/mol. The van der Waals surface area contributed by atoms with E-state index in [-0.39, 0.29) is 24.2 Å². The zero-order valence-corrected chi connectivity index (χ0v) is 17.0. The number of rotatable bonds is 5. The number of aliphatic hydroxyl groups excluding tert-OH is 2. The third kappa shape index (κ3) is 3.33. The van der Waals surface area contributed by atoms with Gasteiger partial charge < -0.3 is 15.2 Å². The van der Waals surface area contributed by atoms with Gasteiger partial charge in [0.2, 0.25) is 0 Å². The Morgan fingerprint density at radius 2 is 2.24 bits per heavy atom. The van der Waals surface area contributed by atoms with Gasteiger partial charge in [-0.25, -0.2) is 4.39 Å². The first-order valence-corrected chi connectivity index (χ1v) is 10.4. The minimum Gasteiger partial charge on any atom is -0.392 e. The molecule has 156 valence electrons. The number of nitrogens with one attached hydrogen (secondary N) is 1. The molecule has 4 rings (SSSR count). The highest BCUT2D eigenvalue weighted by Gasteiger charge is 2.41. The molecule has 0 unspecified atom stereocenters. The number of carbonyl (C=O) groups excluding carboxylic acids is 1. The average Bonchev–Trinajstić information content (AvgIpc) is 3.12. The van der Waals surface area contributed by atoms with Crippen LogP contribution in [0.4, 0.5) is 4.39 Å². The lowest BCUT2D eigenvalue weighted by Gasteiger charge is -2.46. The van der Waals surface area contributed by atoms with Crippen molar-refractivity contribution in [2.45, 2.75) is 45.7 Å². The van der Waals surface area contributed by atoms with Gasteiger partial charge in [-0.3, -0.25) is 9.69 Å². The molecule has 29 heavy (non-hydrogen) atoms. The zero-order valence-electron chi connectivity index (χ0n) is 18.0. The summed E-state index contributed by atoms with van der Waals surface area (Å²) in [6.45, 7) is 4.51. The first kappa shape index (κ1) is 19.0. The summed E-state index contributed by atoms with van der Waals surface area (Å²) in [6.07, 6.45) is 3.81. The van der Waals surface area contributed by atoms with E-state index in [1.807, 2.05) is 6.92 Å². The second-order valence-electron chi connectivity index (χ2n) is 8.07. The Kier molecular flexibility index (Phi) is 5.24. The van der Waals surface area contributed by atoms with Crippen molar-refractivity contribution < 1.29 is 20.8 Å². The van der Waals surface area contributed by atoms with Gasteiger partial charge >= 0.3 is 0 Å². The number of ketones is 1. The first-order valence-electron chi connectivity index (χ1n) is 10.9. The Morgan fingerprint density at radius 1 is 1.45 bits per heavy atom. The Bertz CT molecular complexity index is 1020. The largest absolute Gasteiger partial charge is 0.392 e. The molecule has 3 atom stereocenters. The molecule has 0 radical (unpaired) electrons. The van der Waals surface area contributed by atoms with E-state index in [9.17, 15) is 20.8 Å². The van der Waals surface area contributed by atoms with Gasteiger partial charge in [-0.1, -0.05) is 19.4 Å². The molecule has 2 aromatic rings. The van der Waals surface area contributed by atoms with Gasteiger partial charge in [-0.15, -0.1) is 0 Å². The van der Waals surface area contributed by atoms with Crippen LogP contribution in [-0.4, -0.2) is 45.6 Å². The molecular weight excluding hydrogens is 371 g/mol. The van der Waals surface area contributed by atoms with Crippen LogP contribution in [0, 0.1) is 17.7 Å². The number of allylic oxidation sites excluding steroid dienone is 1. The number of fused-ring (bicyclic) bond motifs is 5. The van der Waals surface area contributed by atoms with E-state index in [1.165, 1.54) is 12.1 Å². The number of hydrogen-bond donors (Lipinski definition) is 3. The number of Topliss-reactive ketones (excluding diaryl/α,β-unsaturated/α-hetero) is 1. The SMILES string of the molecule is [2H][C@@]12C[C@H](/C(=C\C)C(=O)CO)[C@H](CC)CN1CCc1c2[nH]c2cc(F)cc(CO)c12. The van der Waals surface area contributed by atoms with E-state index >= 15 is 0 Å². The summed E-state index contributed by atoms with van der Waals surface area (Å²) in [7, 11) is 0.